The first-order valence-corrected chi connectivity index (χ1v) is 7.24. The van der Waals surface area contributed by atoms with Crippen molar-refractivity contribution in [1.29, 1.82) is 0 Å². The van der Waals surface area contributed by atoms with E-state index in [0.717, 1.165) is 31.4 Å². The van der Waals surface area contributed by atoms with Gasteiger partial charge < -0.3 is 15.0 Å². The van der Waals surface area contributed by atoms with Crippen LogP contribution < -0.4 is 5.69 Å². The van der Waals surface area contributed by atoms with Crippen molar-refractivity contribution in [2.45, 2.75) is 38.8 Å². The Morgan fingerprint density at radius 2 is 2.00 bits per heavy atom. The maximum atomic E-state index is 12.2. The van der Waals surface area contributed by atoms with Crippen molar-refractivity contribution >= 4 is 11.0 Å². The highest BCUT2D eigenvalue weighted by molar-refractivity contribution is 5.81. The Hall–Kier alpha value is -1.75. The van der Waals surface area contributed by atoms with E-state index < -0.39 is 0 Å². The van der Waals surface area contributed by atoms with Gasteiger partial charge in [-0.25, -0.2) is 4.79 Å². The molecule has 1 aliphatic heterocycles. The fraction of sp³-hybridized carbons (Fsp3) is 0.533. The predicted molar refractivity (Wildman–Crippen MR) is 79.2 cm³/mol. The Morgan fingerprint density at radius 3 is 2.65 bits per heavy atom. The summed E-state index contributed by atoms with van der Waals surface area (Å²) in [6.07, 6.45) is 1.95. The highest BCUT2D eigenvalue weighted by Crippen LogP contribution is 2.28. The molecule has 1 aliphatic rings. The molecule has 1 saturated heterocycles. The topological polar surface area (TPSA) is 61.3 Å². The van der Waals surface area contributed by atoms with Crippen LogP contribution in [0.1, 0.15) is 32.7 Å². The number of hydrogen-bond acceptors (Lipinski definition) is 3. The van der Waals surface area contributed by atoms with Crippen LogP contribution in [0.4, 0.5) is 0 Å². The van der Waals surface area contributed by atoms with E-state index in [4.69, 9.17) is 0 Å². The number of imidazole rings is 1. The summed E-state index contributed by atoms with van der Waals surface area (Å²) in [4.78, 5) is 17.4. The molecule has 108 valence electrons. The number of para-hydroxylation sites is 1. The molecule has 20 heavy (non-hydrogen) atoms. The molecular formula is C15H21N3O2. The van der Waals surface area contributed by atoms with Gasteiger partial charge in [-0.1, -0.05) is 6.07 Å². The SMILES string of the molecule is CC(C)N1CCC(n2c(=O)[nH]c3c(O)cccc32)CC1. The number of aromatic hydroxyl groups is 1. The summed E-state index contributed by atoms with van der Waals surface area (Å²) in [7, 11) is 0. The molecule has 0 amide bonds. The first-order chi connectivity index (χ1) is 9.58. The third-order valence-corrected chi connectivity index (χ3v) is 4.33. The van der Waals surface area contributed by atoms with Crippen LogP contribution in [0.15, 0.2) is 23.0 Å². The van der Waals surface area contributed by atoms with Crippen LogP contribution in [-0.4, -0.2) is 38.7 Å². The van der Waals surface area contributed by atoms with Gasteiger partial charge in [0.2, 0.25) is 0 Å². The van der Waals surface area contributed by atoms with Crippen molar-refractivity contribution in [2.75, 3.05) is 13.1 Å². The summed E-state index contributed by atoms with van der Waals surface area (Å²) >= 11 is 0. The van der Waals surface area contributed by atoms with E-state index in [2.05, 4.69) is 23.7 Å². The molecule has 1 aromatic heterocycles. The lowest BCUT2D eigenvalue weighted by atomic mass is 10.0. The van der Waals surface area contributed by atoms with E-state index in [1.54, 1.807) is 12.1 Å². The number of aromatic nitrogens is 2. The predicted octanol–water partition coefficient (Wildman–Crippen LogP) is 2.08. The van der Waals surface area contributed by atoms with Crippen LogP contribution in [0.3, 0.4) is 0 Å². The van der Waals surface area contributed by atoms with E-state index in [-0.39, 0.29) is 17.5 Å². The molecule has 5 nitrogen and oxygen atoms in total. The van der Waals surface area contributed by atoms with Crippen molar-refractivity contribution in [1.82, 2.24) is 14.5 Å². The van der Waals surface area contributed by atoms with Gasteiger partial charge in [0.25, 0.3) is 0 Å². The van der Waals surface area contributed by atoms with Gasteiger partial charge in [-0.05, 0) is 38.8 Å². The van der Waals surface area contributed by atoms with Crippen LogP contribution in [-0.2, 0) is 0 Å². The smallest absolute Gasteiger partial charge is 0.326 e. The van der Waals surface area contributed by atoms with E-state index in [1.807, 2.05) is 10.6 Å². The molecule has 3 rings (SSSR count). The number of phenolic OH excluding ortho intramolecular Hbond substituents is 1. The largest absolute Gasteiger partial charge is 0.506 e. The van der Waals surface area contributed by atoms with E-state index >= 15 is 0 Å². The molecule has 2 aromatic rings. The summed E-state index contributed by atoms with van der Waals surface area (Å²) in [6, 6.07) is 6.05. The summed E-state index contributed by atoms with van der Waals surface area (Å²) in [6.45, 7) is 6.44. The molecule has 2 heterocycles. The maximum Gasteiger partial charge on any atom is 0.326 e. The highest BCUT2D eigenvalue weighted by atomic mass is 16.3. The van der Waals surface area contributed by atoms with Gasteiger partial charge in [-0.15, -0.1) is 0 Å². The zero-order chi connectivity index (χ0) is 14.3. The fourth-order valence-electron chi connectivity index (χ4n) is 3.16. The average molecular weight is 275 g/mol. The molecule has 1 fully saturated rings. The molecule has 1 aromatic carbocycles. The minimum Gasteiger partial charge on any atom is -0.506 e. The molecule has 5 heteroatoms. The number of benzene rings is 1. The minimum absolute atomic E-state index is 0.121. The first kappa shape index (κ1) is 13.2. The Morgan fingerprint density at radius 1 is 1.30 bits per heavy atom. The third-order valence-electron chi connectivity index (χ3n) is 4.33. The second-order valence-electron chi connectivity index (χ2n) is 5.83. The number of hydrogen-bond donors (Lipinski definition) is 2. The van der Waals surface area contributed by atoms with Crippen LogP contribution >= 0.6 is 0 Å². The molecule has 2 N–H and O–H groups in total. The summed E-state index contributed by atoms with van der Waals surface area (Å²) in [5.41, 5.74) is 1.23. The normalized spacial score (nSPS) is 18.1. The molecule has 0 spiro atoms. The first-order valence-electron chi connectivity index (χ1n) is 7.24. The molecule has 0 atom stereocenters. The van der Waals surface area contributed by atoms with Gasteiger partial charge in [0, 0.05) is 25.2 Å². The number of fused-ring (bicyclic) bond motifs is 1. The molecule has 0 saturated carbocycles. The van der Waals surface area contributed by atoms with Crippen LogP contribution in [0.5, 0.6) is 5.75 Å². The summed E-state index contributed by atoms with van der Waals surface area (Å²) in [5, 5.41) is 9.83. The lowest BCUT2D eigenvalue weighted by molar-refractivity contribution is 0.152. The van der Waals surface area contributed by atoms with Gasteiger partial charge in [0.15, 0.2) is 0 Å². The Labute approximate surface area is 117 Å². The third kappa shape index (κ3) is 2.12. The zero-order valence-corrected chi connectivity index (χ0v) is 12.0. The van der Waals surface area contributed by atoms with Crippen LogP contribution in [0, 0.1) is 0 Å². The summed E-state index contributed by atoms with van der Waals surface area (Å²) in [5.74, 6) is 0.137. The van der Waals surface area contributed by atoms with E-state index in [1.165, 1.54) is 0 Å². The number of likely N-dealkylation sites (tertiary alicyclic amines) is 1. The highest BCUT2D eigenvalue weighted by Gasteiger charge is 2.24. The van der Waals surface area contributed by atoms with Gasteiger partial charge >= 0.3 is 5.69 Å². The number of nitrogens with zero attached hydrogens (tertiary/aromatic N) is 2. The van der Waals surface area contributed by atoms with Gasteiger partial charge in [-0.2, -0.15) is 0 Å². The maximum absolute atomic E-state index is 12.2. The van der Waals surface area contributed by atoms with Crippen molar-refractivity contribution in [3.8, 4) is 5.75 Å². The van der Waals surface area contributed by atoms with Crippen molar-refractivity contribution < 1.29 is 5.11 Å². The standard InChI is InChI=1S/C15H21N3O2/c1-10(2)17-8-6-11(7-9-17)18-12-4-3-5-13(19)14(12)16-15(18)20/h3-5,10-11,19H,6-9H2,1-2H3,(H,16,20). The van der Waals surface area contributed by atoms with Crippen LogP contribution in [0.25, 0.3) is 11.0 Å². The van der Waals surface area contributed by atoms with Crippen molar-refractivity contribution in [3.05, 3.63) is 28.7 Å². The van der Waals surface area contributed by atoms with E-state index in [9.17, 15) is 9.90 Å². The lowest BCUT2D eigenvalue weighted by Gasteiger charge is -2.35. The van der Waals surface area contributed by atoms with Gasteiger partial charge in [-0.3, -0.25) is 4.57 Å². The second-order valence-corrected chi connectivity index (χ2v) is 5.83. The van der Waals surface area contributed by atoms with Crippen molar-refractivity contribution in [2.24, 2.45) is 0 Å². The quantitative estimate of drug-likeness (QED) is 0.882. The van der Waals surface area contributed by atoms with Crippen molar-refractivity contribution in [3.63, 3.8) is 0 Å². The Bertz CT molecular complexity index is 663. The molecular weight excluding hydrogens is 254 g/mol. The minimum atomic E-state index is -0.121. The van der Waals surface area contributed by atoms with E-state index in [0.29, 0.717) is 11.6 Å². The number of nitrogens with one attached hydrogen (secondary N) is 1. The number of phenols is 1. The monoisotopic (exact) mass is 275 g/mol. The Kier molecular flexibility index (Phi) is 3.30. The number of rotatable bonds is 2. The number of piperidine rings is 1. The van der Waals surface area contributed by atoms with Gasteiger partial charge in [0.05, 0.1) is 5.52 Å². The fourth-order valence-corrected chi connectivity index (χ4v) is 3.16. The molecule has 0 unspecified atom stereocenters. The number of H-pyrrole nitrogens is 1. The molecule has 0 bridgehead atoms. The average Bonchev–Trinajstić information content (AvgIpc) is 2.77. The molecule has 0 aliphatic carbocycles. The van der Waals surface area contributed by atoms with Gasteiger partial charge in [0.1, 0.15) is 11.3 Å². The lowest BCUT2D eigenvalue weighted by Crippen LogP contribution is -2.40. The summed E-state index contributed by atoms with van der Waals surface area (Å²) < 4.78 is 1.81. The number of aromatic amines is 1. The Balaban J connectivity index is 1.94. The second kappa shape index (κ2) is 4.98. The molecule has 0 radical (unpaired) electrons. The van der Waals surface area contributed by atoms with Crippen LogP contribution in [0.2, 0.25) is 0 Å². The zero-order valence-electron chi connectivity index (χ0n) is 12.0.